The Labute approximate surface area is 194 Å². The summed E-state index contributed by atoms with van der Waals surface area (Å²) in [5.41, 5.74) is 0.391. The predicted octanol–water partition coefficient (Wildman–Crippen LogP) is 4.19. The Hall–Kier alpha value is -3.88. The van der Waals surface area contributed by atoms with E-state index in [2.05, 4.69) is 31.5 Å². The molecule has 1 saturated carbocycles. The van der Waals surface area contributed by atoms with Crippen LogP contribution in [0.4, 0.5) is 10.5 Å². The molecule has 3 heterocycles. The van der Waals surface area contributed by atoms with Crippen molar-refractivity contribution in [3.05, 3.63) is 57.7 Å². The van der Waals surface area contributed by atoms with Crippen LogP contribution in [0.3, 0.4) is 0 Å². The van der Waals surface area contributed by atoms with Gasteiger partial charge in [-0.25, -0.2) is 4.79 Å². The number of nitrogens with one attached hydrogen (secondary N) is 1. The highest BCUT2D eigenvalue weighted by Crippen LogP contribution is 2.48. The molecule has 10 nitrogen and oxygen atoms in total. The first kappa shape index (κ1) is 21.0. The second kappa shape index (κ2) is 8.23. The van der Waals surface area contributed by atoms with Crippen molar-refractivity contribution in [3.8, 4) is 11.8 Å². The molecule has 5 rings (SSSR count). The largest absolute Gasteiger partial charge is 0.480 e. The molecule has 1 aliphatic rings. The van der Waals surface area contributed by atoms with Gasteiger partial charge in [0.1, 0.15) is 12.0 Å². The summed E-state index contributed by atoms with van der Waals surface area (Å²) in [5.74, 6) is 4.56. The number of aromatic nitrogens is 3. The molecule has 1 amide bonds. The Kier molecular flexibility index (Phi) is 5.24. The van der Waals surface area contributed by atoms with Crippen molar-refractivity contribution in [2.45, 2.75) is 24.9 Å². The first-order valence-corrected chi connectivity index (χ1v) is 10.8. The van der Waals surface area contributed by atoms with Crippen molar-refractivity contribution in [2.75, 3.05) is 5.32 Å². The third-order valence-electron chi connectivity index (χ3n) is 4.96. The topological polar surface area (TPSA) is 141 Å². The van der Waals surface area contributed by atoms with Crippen LogP contribution < -0.4 is 5.32 Å². The first-order valence-electron chi connectivity index (χ1n) is 9.59. The third-order valence-corrected chi connectivity index (χ3v) is 5.95. The van der Waals surface area contributed by atoms with Crippen molar-refractivity contribution >= 4 is 52.3 Å². The highest BCUT2D eigenvalue weighted by atomic mass is 35.5. The number of carboxylic acids is 1. The molecular formula is C21H13ClN4O6S. The normalized spacial score (nSPS) is 13.8. The third kappa shape index (κ3) is 4.13. The van der Waals surface area contributed by atoms with Crippen LogP contribution >= 0.6 is 23.1 Å². The fraction of sp³-hybridized carbons (Fsp3) is 0.190. The fourth-order valence-corrected chi connectivity index (χ4v) is 3.75. The Balaban J connectivity index is 1.26. The summed E-state index contributed by atoms with van der Waals surface area (Å²) >= 11 is 7.15. The van der Waals surface area contributed by atoms with E-state index in [1.165, 1.54) is 0 Å². The monoisotopic (exact) mass is 484 g/mol. The van der Waals surface area contributed by atoms with Gasteiger partial charge in [0.15, 0.2) is 5.69 Å². The highest BCUT2D eigenvalue weighted by Gasteiger charge is 2.56. The summed E-state index contributed by atoms with van der Waals surface area (Å²) < 4.78 is 20.2. The number of fused-ring (bicyclic) bond motifs is 1. The van der Waals surface area contributed by atoms with E-state index in [-0.39, 0.29) is 29.8 Å². The minimum absolute atomic E-state index is 0.00148. The molecule has 0 radical (unpaired) electrons. The molecule has 0 atom stereocenters. The maximum atomic E-state index is 12.1. The van der Waals surface area contributed by atoms with E-state index in [9.17, 15) is 14.7 Å². The van der Waals surface area contributed by atoms with Crippen molar-refractivity contribution in [1.82, 2.24) is 14.3 Å². The Morgan fingerprint density at radius 3 is 2.79 bits per heavy atom. The van der Waals surface area contributed by atoms with E-state index in [0.29, 0.717) is 34.8 Å². The molecule has 0 unspecified atom stereocenters. The van der Waals surface area contributed by atoms with Crippen LogP contribution in [0, 0.1) is 11.8 Å². The number of hydrogen-bond acceptors (Lipinski definition) is 9. The summed E-state index contributed by atoms with van der Waals surface area (Å²) in [5, 5.41) is 14.0. The number of halogens is 1. The van der Waals surface area contributed by atoms with Gasteiger partial charge in [-0.05, 0) is 36.4 Å². The summed E-state index contributed by atoms with van der Waals surface area (Å²) in [6.07, 6.45) is 0.229. The van der Waals surface area contributed by atoms with Crippen molar-refractivity contribution < 1.29 is 28.3 Å². The number of rotatable bonds is 5. The van der Waals surface area contributed by atoms with Gasteiger partial charge >= 0.3 is 17.8 Å². The van der Waals surface area contributed by atoms with E-state index in [4.69, 9.17) is 25.2 Å². The number of benzene rings is 1. The van der Waals surface area contributed by atoms with Gasteiger partial charge in [0.05, 0.1) is 5.69 Å². The molecule has 1 aliphatic carbocycles. The lowest BCUT2D eigenvalue weighted by molar-refractivity contribution is -0.140. The van der Waals surface area contributed by atoms with Gasteiger partial charge in [-0.15, -0.1) is 0 Å². The average Bonchev–Trinajstić information content (AvgIpc) is 3.11. The molecule has 33 heavy (non-hydrogen) atoms. The van der Waals surface area contributed by atoms with Gasteiger partial charge in [-0.1, -0.05) is 29.8 Å². The van der Waals surface area contributed by atoms with Crippen LogP contribution in [0.25, 0.3) is 11.4 Å². The molecule has 2 N–H and O–H groups in total. The lowest BCUT2D eigenvalue weighted by Gasteiger charge is -2.07. The van der Waals surface area contributed by atoms with E-state index >= 15 is 0 Å². The Morgan fingerprint density at radius 2 is 2.06 bits per heavy atom. The van der Waals surface area contributed by atoms with E-state index in [0.717, 1.165) is 11.5 Å². The predicted molar refractivity (Wildman–Crippen MR) is 116 cm³/mol. The molecular weight excluding hydrogens is 472 g/mol. The van der Waals surface area contributed by atoms with Gasteiger partial charge in [0.2, 0.25) is 11.5 Å². The molecule has 0 aliphatic heterocycles. The van der Waals surface area contributed by atoms with Crippen LogP contribution in [0.1, 0.15) is 35.9 Å². The maximum Gasteiger partial charge on any atom is 0.412 e. The molecule has 0 spiro atoms. The van der Waals surface area contributed by atoms with Crippen LogP contribution in [0.15, 0.2) is 38.5 Å². The molecule has 3 aromatic heterocycles. The number of aliphatic carboxylic acids is 1. The number of carboxylic acid groups (broad SMARTS) is 1. The number of amides is 1. The van der Waals surface area contributed by atoms with Gasteiger partial charge in [-0.2, -0.15) is 14.3 Å². The second-order valence-corrected chi connectivity index (χ2v) is 8.19. The summed E-state index contributed by atoms with van der Waals surface area (Å²) in [4.78, 5) is 31.8. The number of anilines is 1. The lowest BCUT2D eigenvalue weighted by atomic mass is 10.1. The van der Waals surface area contributed by atoms with Gasteiger partial charge < -0.3 is 18.7 Å². The van der Waals surface area contributed by atoms with Gasteiger partial charge in [0, 0.05) is 21.9 Å². The van der Waals surface area contributed by atoms with Crippen LogP contribution in [-0.2, 0) is 21.6 Å². The first-order chi connectivity index (χ1) is 15.9. The number of nitrogens with zero attached hydrogens (tertiary/aromatic N) is 3. The smallest absolute Gasteiger partial charge is 0.412 e. The van der Waals surface area contributed by atoms with Crippen molar-refractivity contribution in [2.24, 2.45) is 0 Å². The van der Waals surface area contributed by atoms with E-state index in [1.54, 1.807) is 29.6 Å². The average molecular weight is 485 g/mol. The van der Waals surface area contributed by atoms with Crippen molar-refractivity contribution in [3.63, 3.8) is 0 Å². The lowest BCUT2D eigenvalue weighted by Crippen LogP contribution is -2.19. The summed E-state index contributed by atoms with van der Waals surface area (Å²) in [7, 11) is 0. The number of hydrogen-bond donors (Lipinski definition) is 2. The molecule has 1 aromatic carbocycles. The maximum absolute atomic E-state index is 12.1. The number of oxazole rings is 2. The number of carbonyl (C=O) groups is 2. The molecule has 166 valence electrons. The molecule has 0 saturated heterocycles. The molecule has 12 heteroatoms. The molecule has 0 bridgehead atoms. The number of ether oxygens (including phenoxy) is 1. The van der Waals surface area contributed by atoms with Crippen molar-refractivity contribution in [1.29, 1.82) is 0 Å². The van der Waals surface area contributed by atoms with Gasteiger partial charge in [-0.3, -0.25) is 10.1 Å². The van der Waals surface area contributed by atoms with E-state index in [1.807, 2.05) is 0 Å². The highest BCUT2D eigenvalue weighted by molar-refractivity contribution is 7.04. The summed E-state index contributed by atoms with van der Waals surface area (Å²) in [6, 6.07) is 7.05. The zero-order valence-electron chi connectivity index (χ0n) is 16.6. The minimum Gasteiger partial charge on any atom is -0.480 e. The standard InChI is InChI=1S/C21H13ClN4O6S/c22-12-4-2-1-3-11(12)9-30-20(29)23-14-10-33-26-13(14)5-6-15-24-16-17(31-15)32-18(25-16)21(7-8-21)19(27)28/h1-4,10H,7-9H2,(H,23,29)(H,27,28). The number of carbonyl (C=O) groups excluding carboxylic acids is 1. The zero-order chi connectivity index (χ0) is 23.0. The molecule has 4 aromatic rings. The Morgan fingerprint density at radius 1 is 1.24 bits per heavy atom. The van der Waals surface area contributed by atoms with E-state index < -0.39 is 17.5 Å². The van der Waals surface area contributed by atoms with Crippen LogP contribution in [0.2, 0.25) is 5.02 Å². The quantitative estimate of drug-likeness (QED) is 0.399. The second-order valence-electron chi connectivity index (χ2n) is 7.16. The van der Waals surface area contributed by atoms with Crippen LogP contribution in [-0.4, -0.2) is 31.5 Å². The zero-order valence-corrected chi connectivity index (χ0v) is 18.2. The minimum atomic E-state index is -1.09. The summed E-state index contributed by atoms with van der Waals surface area (Å²) in [6.45, 7) is 0.0115. The van der Waals surface area contributed by atoms with Gasteiger partial charge in [0.25, 0.3) is 5.89 Å². The molecule has 1 fully saturated rings. The fourth-order valence-electron chi connectivity index (χ4n) is 2.98. The SMILES string of the molecule is O=C(Nc1csnc1C#Cc1nc2nc(C3(C(=O)O)CC3)oc2o1)OCc1ccccc1Cl. The van der Waals surface area contributed by atoms with Crippen LogP contribution in [0.5, 0.6) is 0 Å². The Bertz CT molecular complexity index is 1410.